The van der Waals surface area contributed by atoms with Gasteiger partial charge in [-0.25, -0.2) is 4.98 Å². The van der Waals surface area contributed by atoms with Crippen molar-refractivity contribution in [2.75, 3.05) is 16.5 Å². The van der Waals surface area contributed by atoms with Gasteiger partial charge in [0.2, 0.25) is 0 Å². The molecule has 0 bridgehead atoms. The minimum absolute atomic E-state index is 0.0239. The third kappa shape index (κ3) is 6.58. The van der Waals surface area contributed by atoms with Gasteiger partial charge in [-0.1, -0.05) is 126 Å². The van der Waals surface area contributed by atoms with Crippen LogP contribution < -0.4 is 14.5 Å². The predicted octanol–water partition coefficient (Wildman–Crippen LogP) is 13.9. The summed E-state index contributed by atoms with van der Waals surface area (Å²) in [5.41, 5.74) is 12.5. The number of ether oxygens (including phenoxy) is 1. The first-order valence-electron chi connectivity index (χ1n) is 20.8. The number of hydrogen-bond acceptors (Lipinski definition) is 4. The zero-order valence-electron chi connectivity index (χ0n) is 35.1. The number of pyridine rings is 1. The summed E-state index contributed by atoms with van der Waals surface area (Å²) in [6.45, 7) is 14.3. The van der Waals surface area contributed by atoms with Crippen LogP contribution in [0.4, 0.5) is 11.4 Å². The van der Waals surface area contributed by atoms with Gasteiger partial charge in [0.1, 0.15) is 17.3 Å². The zero-order valence-corrected chi connectivity index (χ0v) is 35.1. The standard InChI is InChI=1S/C54H49N5O/c1-53(2,3)39-32-41(56-29-30-57(36-56)48-24-16-14-22-46(48)54(4,5)6)34-43(33-39)60-42-25-26-45-49(35-42)59(50-31-38(27-28-55-50)37-17-9-7-10-18-37)52-44-21-13-15-23-47(44)58(51(45)52)40-19-11-8-12-20-40/h7-35H,36H2,1-6H3. The highest BCUT2D eigenvalue weighted by Crippen LogP contribution is 2.43. The molecule has 60 heavy (non-hydrogen) atoms. The lowest BCUT2D eigenvalue weighted by atomic mass is 9.85. The number of nitrogens with zero attached hydrogens (tertiary/aromatic N) is 5. The first-order chi connectivity index (χ1) is 29.0. The molecule has 1 aliphatic rings. The van der Waals surface area contributed by atoms with Crippen molar-refractivity contribution in [2.24, 2.45) is 0 Å². The van der Waals surface area contributed by atoms with Gasteiger partial charge in [-0.3, -0.25) is 4.57 Å². The topological polar surface area (TPSA) is 38.5 Å². The van der Waals surface area contributed by atoms with Crippen LogP contribution in [0.15, 0.2) is 176 Å². The highest BCUT2D eigenvalue weighted by atomic mass is 16.5. The van der Waals surface area contributed by atoms with Crippen molar-refractivity contribution in [3.63, 3.8) is 0 Å². The van der Waals surface area contributed by atoms with E-state index in [0.717, 1.165) is 72.7 Å². The Labute approximate surface area is 352 Å². The van der Waals surface area contributed by atoms with Crippen molar-refractivity contribution in [3.8, 4) is 34.1 Å². The Bertz CT molecular complexity index is 3070. The van der Waals surface area contributed by atoms with Gasteiger partial charge in [0, 0.05) is 58.6 Å². The minimum atomic E-state index is -0.0979. The van der Waals surface area contributed by atoms with E-state index in [1.807, 2.05) is 6.20 Å². The normalized spacial score (nSPS) is 13.3. The van der Waals surface area contributed by atoms with E-state index in [0.29, 0.717) is 6.67 Å². The van der Waals surface area contributed by atoms with Crippen LogP contribution in [0.5, 0.6) is 11.5 Å². The average Bonchev–Trinajstić information content (AvgIpc) is 3.97. The number of hydrogen-bond donors (Lipinski definition) is 0. The number of aromatic nitrogens is 3. The van der Waals surface area contributed by atoms with E-state index in [-0.39, 0.29) is 10.8 Å². The molecule has 0 N–H and O–H groups in total. The molecular weight excluding hydrogens is 735 g/mol. The van der Waals surface area contributed by atoms with Gasteiger partial charge in [-0.2, -0.15) is 0 Å². The van der Waals surface area contributed by atoms with Crippen molar-refractivity contribution >= 4 is 44.2 Å². The lowest BCUT2D eigenvalue weighted by Crippen LogP contribution is -2.27. The Morgan fingerprint density at radius 2 is 1.18 bits per heavy atom. The molecule has 1 aliphatic heterocycles. The maximum Gasteiger partial charge on any atom is 0.138 e. The van der Waals surface area contributed by atoms with E-state index in [2.05, 4.69) is 231 Å². The Balaban J connectivity index is 1.11. The molecule has 6 aromatic carbocycles. The van der Waals surface area contributed by atoms with Crippen LogP contribution in [-0.2, 0) is 10.8 Å². The molecule has 9 aromatic rings. The molecule has 0 saturated carbocycles. The molecule has 4 heterocycles. The van der Waals surface area contributed by atoms with Crippen molar-refractivity contribution < 1.29 is 4.74 Å². The van der Waals surface area contributed by atoms with Crippen molar-refractivity contribution in [3.05, 3.63) is 187 Å². The average molecular weight is 784 g/mol. The fourth-order valence-electron chi connectivity index (χ4n) is 8.69. The number of anilines is 2. The Hall–Kier alpha value is -7.05. The molecule has 0 fully saturated rings. The number of fused-ring (bicyclic) bond motifs is 5. The zero-order chi connectivity index (χ0) is 41.2. The van der Waals surface area contributed by atoms with Gasteiger partial charge < -0.3 is 19.1 Å². The number of benzene rings is 6. The smallest absolute Gasteiger partial charge is 0.138 e. The molecule has 0 spiro atoms. The summed E-state index contributed by atoms with van der Waals surface area (Å²) in [6.07, 6.45) is 6.29. The molecule has 0 amide bonds. The van der Waals surface area contributed by atoms with Crippen LogP contribution in [0.3, 0.4) is 0 Å². The second-order valence-electron chi connectivity index (χ2n) is 17.9. The Morgan fingerprint density at radius 3 is 1.97 bits per heavy atom. The van der Waals surface area contributed by atoms with Crippen LogP contribution in [-0.4, -0.2) is 20.8 Å². The minimum Gasteiger partial charge on any atom is -0.457 e. The summed E-state index contributed by atoms with van der Waals surface area (Å²) in [5.74, 6) is 2.40. The van der Waals surface area contributed by atoms with Gasteiger partial charge in [-0.15, -0.1) is 0 Å². The molecule has 6 heteroatoms. The molecule has 0 saturated heterocycles. The summed E-state index contributed by atoms with van der Waals surface area (Å²) in [7, 11) is 0. The molecule has 0 aliphatic carbocycles. The molecule has 10 rings (SSSR count). The first-order valence-corrected chi connectivity index (χ1v) is 20.8. The third-order valence-electron chi connectivity index (χ3n) is 11.7. The van der Waals surface area contributed by atoms with Gasteiger partial charge in [0.05, 0.1) is 28.7 Å². The largest absolute Gasteiger partial charge is 0.457 e. The van der Waals surface area contributed by atoms with Crippen LogP contribution in [0.1, 0.15) is 52.7 Å². The van der Waals surface area contributed by atoms with E-state index in [9.17, 15) is 0 Å². The molecule has 3 aromatic heterocycles. The van der Waals surface area contributed by atoms with Gasteiger partial charge >= 0.3 is 0 Å². The highest BCUT2D eigenvalue weighted by Gasteiger charge is 2.26. The van der Waals surface area contributed by atoms with Crippen LogP contribution >= 0.6 is 0 Å². The van der Waals surface area contributed by atoms with Crippen LogP contribution in [0.25, 0.3) is 55.5 Å². The fraction of sp³-hybridized carbons (Fsp3) is 0.167. The van der Waals surface area contributed by atoms with Crippen molar-refractivity contribution in [2.45, 2.75) is 52.4 Å². The van der Waals surface area contributed by atoms with Crippen molar-refractivity contribution in [1.82, 2.24) is 14.1 Å². The van der Waals surface area contributed by atoms with E-state index < -0.39 is 0 Å². The third-order valence-corrected chi connectivity index (χ3v) is 11.7. The van der Waals surface area contributed by atoms with Gasteiger partial charge in [-0.05, 0) is 93.7 Å². The number of para-hydroxylation sites is 3. The van der Waals surface area contributed by atoms with E-state index in [1.54, 1.807) is 0 Å². The van der Waals surface area contributed by atoms with E-state index in [1.165, 1.54) is 16.8 Å². The Morgan fingerprint density at radius 1 is 0.500 bits per heavy atom. The monoisotopic (exact) mass is 783 g/mol. The quantitative estimate of drug-likeness (QED) is 0.161. The van der Waals surface area contributed by atoms with Crippen LogP contribution in [0.2, 0.25) is 0 Å². The molecule has 6 nitrogen and oxygen atoms in total. The number of rotatable bonds is 7. The lowest BCUT2D eigenvalue weighted by molar-refractivity contribution is 0.479. The van der Waals surface area contributed by atoms with Crippen molar-refractivity contribution in [1.29, 1.82) is 0 Å². The summed E-state index contributed by atoms with van der Waals surface area (Å²) in [4.78, 5) is 9.69. The van der Waals surface area contributed by atoms with Crippen LogP contribution in [0, 0.1) is 0 Å². The maximum atomic E-state index is 6.95. The summed E-state index contributed by atoms with van der Waals surface area (Å²) in [5, 5.41) is 2.27. The maximum absolute atomic E-state index is 6.95. The summed E-state index contributed by atoms with van der Waals surface area (Å²) < 4.78 is 11.7. The molecule has 296 valence electrons. The second-order valence-corrected chi connectivity index (χ2v) is 17.9. The second kappa shape index (κ2) is 14.3. The van der Waals surface area contributed by atoms with E-state index in [4.69, 9.17) is 9.72 Å². The SMILES string of the molecule is CC(C)(C)c1cc(Oc2ccc3c(c2)n(-c2cc(-c4ccccc4)ccn2)c2c4ccccc4n(-c4ccccc4)c32)cc(N2C=CN(c3ccccc3C(C)(C)C)C2)c1. The van der Waals surface area contributed by atoms with Gasteiger partial charge in [0.15, 0.2) is 0 Å². The molecule has 0 radical (unpaired) electrons. The first kappa shape index (κ1) is 37.2. The van der Waals surface area contributed by atoms with Gasteiger partial charge in [0.25, 0.3) is 0 Å². The molecular formula is C54H49N5O. The fourth-order valence-corrected chi connectivity index (χ4v) is 8.69. The molecule has 0 unspecified atom stereocenters. The Kier molecular flexibility index (Phi) is 8.90. The molecule has 0 atom stereocenters. The highest BCUT2D eigenvalue weighted by molar-refractivity contribution is 6.20. The summed E-state index contributed by atoms with van der Waals surface area (Å²) in [6, 6.07) is 56.0. The lowest BCUT2D eigenvalue weighted by Gasteiger charge is -2.29. The summed E-state index contributed by atoms with van der Waals surface area (Å²) >= 11 is 0. The van der Waals surface area contributed by atoms with E-state index >= 15 is 0 Å². The predicted molar refractivity (Wildman–Crippen MR) is 250 cm³/mol.